The average molecular weight is 328 g/mol. The molecule has 0 aliphatic carbocycles. The Morgan fingerprint density at radius 1 is 0.958 bits per heavy atom. The van der Waals surface area contributed by atoms with Crippen LogP contribution in [-0.4, -0.2) is 22.7 Å². The molecule has 0 saturated heterocycles. The van der Waals surface area contributed by atoms with E-state index in [1.54, 1.807) is 24.4 Å². The highest BCUT2D eigenvalue weighted by atomic mass is 19.1. The van der Waals surface area contributed by atoms with Crippen LogP contribution in [0.3, 0.4) is 0 Å². The van der Waals surface area contributed by atoms with E-state index in [1.165, 1.54) is 24.3 Å². The van der Waals surface area contributed by atoms with Gasteiger partial charge in [-0.25, -0.2) is 8.78 Å². The zero-order chi connectivity index (χ0) is 16.9. The molecule has 3 aromatic rings. The van der Waals surface area contributed by atoms with E-state index < -0.39 is 0 Å². The minimum Gasteiger partial charge on any atom is -0.395 e. The fraction of sp³-hybridized carbons (Fsp3) is 0.211. The van der Waals surface area contributed by atoms with Crippen molar-refractivity contribution < 1.29 is 13.9 Å². The standard InChI is InChI=1S/C19H18F2N2O/c20-16-3-1-13(2-4-16)8-18(12-24)22-10-14-7-15-9-17(21)5-6-19(15)23-11-14/h1-7,9,11,18,22,24H,8,10,12H2. The van der Waals surface area contributed by atoms with Crippen LogP contribution in [0.25, 0.3) is 10.9 Å². The van der Waals surface area contributed by atoms with Gasteiger partial charge in [0.05, 0.1) is 12.1 Å². The second-order valence-corrected chi connectivity index (χ2v) is 5.77. The van der Waals surface area contributed by atoms with E-state index in [1.807, 2.05) is 6.07 Å². The van der Waals surface area contributed by atoms with Crippen LogP contribution in [0.1, 0.15) is 11.1 Å². The number of benzene rings is 2. The largest absolute Gasteiger partial charge is 0.395 e. The summed E-state index contributed by atoms with van der Waals surface area (Å²) in [5, 5.41) is 13.5. The Morgan fingerprint density at radius 3 is 2.46 bits per heavy atom. The van der Waals surface area contributed by atoms with E-state index >= 15 is 0 Å². The van der Waals surface area contributed by atoms with Gasteiger partial charge in [0, 0.05) is 24.2 Å². The molecule has 0 spiro atoms. The van der Waals surface area contributed by atoms with Crippen LogP contribution in [0.15, 0.2) is 54.7 Å². The van der Waals surface area contributed by atoms with Crippen molar-refractivity contribution in [1.82, 2.24) is 10.3 Å². The number of aromatic nitrogens is 1. The lowest BCUT2D eigenvalue weighted by Crippen LogP contribution is -2.34. The lowest BCUT2D eigenvalue weighted by molar-refractivity contribution is 0.241. The van der Waals surface area contributed by atoms with Crippen molar-refractivity contribution >= 4 is 10.9 Å². The van der Waals surface area contributed by atoms with Crippen LogP contribution in [0.4, 0.5) is 8.78 Å². The van der Waals surface area contributed by atoms with Crippen LogP contribution in [-0.2, 0) is 13.0 Å². The van der Waals surface area contributed by atoms with Crippen LogP contribution < -0.4 is 5.32 Å². The van der Waals surface area contributed by atoms with Crippen LogP contribution in [0, 0.1) is 11.6 Å². The predicted molar refractivity (Wildman–Crippen MR) is 89.5 cm³/mol. The van der Waals surface area contributed by atoms with Gasteiger partial charge in [0.2, 0.25) is 0 Å². The third-order valence-electron chi connectivity index (χ3n) is 3.91. The lowest BCUT2D eigenvalue weighted by Gasteiger charge is -2.16. The van der Waals surface area contributed by atoms with Crippen molar-refractivity contribution in [3.05, 3.63) is 77.5 Å². The van der Waals surface area contributed by atoms with Crippen LogP contribution in [0.2, 0.25) is 0 Å². The Labute approximate surface area is 139 Å². The number of rotatable bonds is 6. The van der Waals surface area contributed by atoms with Crippen molar-refractivity contribution in [2.75, 3.05) is 6.61 Å². The van der Waals surface area contributed by atoms with Gasteiger partial charge in [-0.15, -0.1) is 0 Å². The molecule has 1 aromatic heterocycles. The second kappa shape index (κ2) is 7.47. The summed E-state index contributed by atoms with van der Waals surface area (Å²) < 4.78 is 26.2. The molecule has 24 heavy (non-hydrogen) atoms. The number of hydrogen-bond donors (Lipinski definition) is 2. The van der Waals surface area contributed by atoms with Gasteiger partial charge in [0.1, 0.15) is 11.6 Å². The molecule has 1 atom stereocenters. The van der Waals surface area contributed by atoms with Crippen LogP contribution >= 0.6 is 0 Å². The van der Waals surface area contributed by atoms with E-state index in [2.05, 4.69) is 10.3 Å². The monoisotopic (exact) mass is 328 g/mol. The summed E-state index contributed by atoms with van der Waals surface area (Å²) in [7, 11) is 0. The Morgan fingerprint density at radius 2 is 1.71 bits per heavy atom. The highest BCUT2D eigenvalue weighted by molar-refractivity contribution is 5.78. The summed E-state index contributed by atoms with van der Waals surface area (Å²) in [5.41, 5.74) is 2.59. The zero-order valence-corrected chi connectivity index (χ0v) is 13.0. The van der Waals surface area contributed by atoms with E-state index in [0.29, 0.717) is 13.0 Å². The molecule has 2 aromatic carbocycles. The summed E-state index contributed by atoms with van der Waals surface area (Å²) in [6.45, 7) is 0.471. The molecular weight excluding hydrogens is 310 g/mol. The van der Waals surface area contributed by atoms with Crippen molar-refractivity contribution in [2.24, 2.45) is 0 Å². The normalized spacial score (nSPS) is 12.5. The number of nitrogens with zero attached hydrogens (tertiary/aromatic N) is 1. The third-order valence-corrected chi connectivity index (χ3v) is 3.91. The predicted octanol–water partition coefficient (Wildman–Crippen LogP) is 3.21. The smallest absolute Gasteiger partial charge is 0.123 e. The summed E-state index contributed by atoms with van der Waals surface area (Å²) in [6, 6.07) is 12.4. The number of hydrogen-bond acceptors (Lipinski definition) is 3. The first-order valence-electron chi connectivity index (χ1n) is 7.77. The van der Waals surface area contributed by atoms with Gasteiger partial charge >= 0.3 is 0 Å². The van der Waals surface area contributed by atoms with Gasteiger partial charge in [0.15, 0.2) is 0 Å². The van der Waals surface area contributed by atoms with Crippen molar-refractivity contribution in [3.8, 4) is 0 Å². The number of aliphatic hydroxyl groups is 1. The van der Waals surface area contributed by atoms with Gasteiger partial charge in [-0.2, -0.15) is 0 Å². The quantitative estimate of drug-likeness (QED) is 0.730. The fourth-order valence-electron chi connectivity index (χ4n) is 2.61. The summed E-state index contributed by atoms with van der Waals surface area (Å²) in [6.07, 6.45) is 2.33. The fourth-order valence-corrected chi connectivity index (χ4v) is 2.61. The molecule has 0 aliphatic heterocycles. The SMILES string of the molecule is OCC(Cc1ccc(F)cc1)NCc1cnc2ccc(F)cc2c1. The number of fused-ring (bicyclic) bond motifs is 1. The van der Waals surface area contributed by atoms with E-state index in [4.69, 9.17) is 0 Å². The van der Waals surface area contributed by atoms with E-state index in [9.17, 15) is 13.9 Å². The summed E-state index contributed by atoms with van der Waals surface area (Å²) >= 11 is 0. The molecule has 0 saturated carbocycles. The van der Waals surface area contributed by atoms with E-state index in [0.717, 1.165) is 22.0 Å². The molecule has 1 unspecified atom stereocenters. The molecule has 0 fully saturated rings. The van der Waals surface area contributed by atoms with Gasteiger partial charge in [-0.1, -0.05) is 12.1 Å². The maximum atomic E-state index is 13.3. The molecule has 0 amide bonds. The van der Waals surface area contributed by atoms with Crippen molar-refractivity contribution in [1.29, 1.82) is 0 Å². The van der Waals surface area contributed by atoms with Crippen molar-refractivity contribution in [2.45, 2.75) is 19.0 Å². The summed E-state index contributed by atoms with van der Waals surface area (Å²) in [4.78, 5) is 4.31. The number of nitrogens with one attached hydrogen (secondary N) is 1. The zero-order valence-electron chi connectivity index (χ0n) is 13.0. The molecular formula is C19H18F2N2O. The maximum absolute atomic E-state index is 13.3. The average Bonchev–Trinajstić information content (AvgIpc) is 2.59. The van der Waals surface area contributed by atoms with Gasteiger partial charge < -0.3 is 10.4 Å². The summed E-state index contributed by atoms with van der Waals surface area (Å²) in [5.74, 6) is -0.569. The van der Waals surface area contributed by atoms with Gasteiger partial charge in [-0.05, 0) is 53.9 Å². The minimum atomic E-state index is -0.293. The third kappa shape index (κ3) is 4.13. The number of aliphatic hydroxyl groups excluding tert-OH is 1. The highest BCUT2D eigenvalue weighted by Gasteiger charge is 2.09. The van der Waals surface area contributed by atoms with Crippen molar-refractivity contribution in [3.63, 3.8) is 0 Å². The Balaban J connectivity index is 1.65. The van der Waals surface area contributed by atoms with Crippen LogP contribution in [0.5, 0.6) is 0 Å². The Bertz CT molecular complexity index is 821. The first kappa shape index (κ1) is 16.5. The lowest BCUT2D eigenvalue weighted by atomic mass is 10.1. The first-order valence-corrected chi connectivity index (χ1v) is 7.77. The number of halogens is 2. The molecule has 1 heterocycles. The van der Waals surface area contributed by atoms with Gasteiger partial charge in [-0.3, -0.25) is 4.98 Å². The molecule has 5 heteroatoms. The highest BCUT2D eigenvalue weighted by Crippen LogP contribution is 2.15. The molecule has 0 radical (unpaired) electrons. The first-order chi connectivity index (χ1) is 11.6. The minimum absolute atomic E-state index is 0.0347. The Hall–Kier alpha value is -2.37. The molecule has 0 bridgehead atoms. The Kier molecular flexibility index (Phi) is 5.13. The maximum Gasteiger partial charge on any atom is 0.123 e. The van der Waals surface area contributed by atoms with E-state index in [-0.39, 0.29) is 24.3 Å². The number of pyridine rings is 1. The topological polar surface area (TPSA) is 45.1 Å². The molecule has 2 N–H and O–H groups in total. The molecule has 3 rings (SSSR count). The molecule has 0 aliphatic rings. The molecule has 124 valence electrons. The second-order valence-electron chi connectivity index (χ2n) is 5.77. The van der Waals surface area contributed by atoms with Gasteiger partial charge in [0.25, 0.3) is 0 Å². The molecule has 3 nitrogen and oxygen atoms in total.